The molecule has 2 aromatic carbocycles. The molecule has 0 spiro atoms. The molecule has 0 aliphatic carbocycles. The van der Waals surface area contributed by atoms with Gasteiger partial charge in [-0.2, -0.15) is 4.31 Å². The number of benzene rings is 2. The van der Waals surface area contributed by atoms with Gasteiger partial charge >= 0.3 is 0 Å². The molecule has 2 rings (SSSR count). The fourth-order valence-corrected chi connectivity index (χ4v) is 3.83. The Morgan fingerprint density at radius 2 is 1.66 bits per heavy atom. The minimum absolute atomic E-state index is 0.00318. The highest BCUT2D eigenvalue weighted by Gasteiger charge is 2.22. The van der Waals surface area contributed by atoms with Crippen molar-refractivity contribution in [3.05, 3.63) is 54.1 Å². The molecule has 0 unspecified atom stereocenters. The lowest BCUT2D eigenvalue weighted by atomic mass is 10.2. The molecule has 0 fully saturated rings. The molecule has 11 heteroatoms. The lowest BCUT2D eigenvalue weighted by molar-refractivity contribution is -0.121. The van der Waals surface area contributed by atoms with E-state index in [0.717, 1.165) is 4.31 Å². The number of carbonyl (C=O) groups is 3. The first-order chi connectivity index (χ1) is 15.1. The van der Waals surface area contributed by atoms with E-state index in [9.17, 15) is 27.9 Å². The molecule has 0 saturated heterocycles. The van der Waals surface area contributed by atoms with Crippen LogP contribution in [0.3, 0.4) is 0 Å². The molecule has 32 heavy (non-hydrogen) atoms. The molecule has 0 aliphatic rings. The molecule has 0 aliphatic heterocycles. The number of phenolic OH excluding ortho intramolecular Hbond substituents is 1. The highest BCUT2D eigenvalue weighted by Crippen LogP contribution is 2.17. The molecular formula is C21H26N4O6S. The molecule has 10 nitrogen and oxygen atoms in total. The van der Waals surface area contributed by atoms with E-state index in [-0.39, 0.29) is 35.5 Å². The van der Waals surface area contributed by atoms with Crippen LogP contribution >= 0.6 is 0 Å². The zero-order valence-electron chi connectivity index (χ0n) is 17.8. The van der Waals surface area contributed by atoms with Crippen LogP contribution in [0.2, 0.25) is 0 Å². The highest BCUT2D eigenvalue weighted by atomic mass is 32.2. The number of nitrogens with one attached hydrogen (secondary N) is 3. The van der Waals surface area contributed by atoms with Gasteiger partial charge in [-0.25, -0.2) is 8.42 Å². The second-order valence-electron chi connectivity index (χ2n) is 6.98. The van der Waals surface area contributed by atoms with E-state index >= 15 is 0 Å². The zero-order chi connectivity index (χ0) is 23.7. The molecule has 4 N–H and O–H groups in total. The second kappa shape index (κ2) is 11.3. The maximum atomic E-state index is 12.6. The largest absolute Gasteiger partial charge is 0.508 e. The Bertz CT molecular complexity index is 1070. The number of rotatable bonds is 10. The van der Waals surface area contributed by atoms with Gasteiger partial charge in [0.1, 0.15) is 5.75 Å². The summed E-state index contributed by atoms with van der Waals surface area (Å²) in [6.45, 7) is 1.52. The first-order valence-electron chi connectivity index (χ1n) is 9.77. The van der Waals surface area contributed by atoms with Crippen molar-refractivity contribution in [3.8, 4) is 5.75 Å². The van der Waals surface area contributed by atoms with Crippen molar-refractivity contribution in [2.45, 2.75) is 18.2 Å². The molecule has 3 amide bonds. The van der Waals surface area contributed by atoms with Gasteiger partial charge in [0.05, 0.1) is 11.4 Å². The Labute approximate surface area is 186 Å². The summed E-state index contributed by atoms with van der Waals surface area (Å²) in [6.07, 6.45) is 0.442. The summed E-state index contributed by atoms with van der Waals surface area (Å²) in [6, 6.07) is 11.6. The van der Waals surface area contributed by atoms with Gasteiger partial charge in [-0.15, -0.1) is 0 Å². The Hall–Kier alpha value is -3.44. The van der Waals surface area contributed by atoms with Gasteiger partial charge in [-0.05, 0) is 48.9 Å². The Morgan fingerprint density at radius 3 is 2.28 bits per heavy atom. The van der Waals surface area contributed by atoms with Crippen molar-refractivity contribution in [2.24, 2.45) is 0 Å². The quantitative estimate of drug-likeness (QED) is 0.386. The molecule has 0 saturated carbocycles. The Balaban J connectivity index is 1.76. The van der Waals surface area contributed by atoms with Crippen LogP contribution in [-0.2, 0) is 19.6 Å². The van der Waals surface area contributed by atoms with E-state index in [1.807, 2.05) is 0 Å². The summed E-state index contributed by atoms with van der Waals surface area (Å²) in [5.41, 5.74) is 0.791. The van der Waals surface area contributed by atoms with Crippen molar-refractivity contribution in [1.82, 2.24) is 14.9 Å². The SMILES string of the molecule is CC(=O)Nc1ccc(S(=O)(=O)N(C)CC(=O)NCCCNC(=O)c2cccc(O)c2)cc1. The highest BCUT2D eigenvalue weighted by molar-refractivity contribution is 7.89. The number of nitrogens with zero attached hydrogens (tertiary/aromatic N) is 1. The molecule has 0 atom stereocenters. The second-order valence-corrected chi connectivity index (χ2v) is 9.02. The van der Waals surface area contributed by atoms with Crippen LogP contribution in [0.15, 0.2) is 53.4 Å². The average molecular weight is 463 g/mol. The number of carbonyl (C=O) groups excluding carboxylic acids is 3. The summed E-state index contributed by atoms with van der Waals surface area (Å²) in [7, 11) is -2.58. The molecule has 0 radical (unpaired) electrons. The minimum atomic E-state index is -3.88. The maximum absolute atomic E-state index is 12.6. The van der Waals surface area contributed by atoms with E-state index in [1.165, 1.54) is 50.4 Å². The fraction of sp³-hybridized carbons (Fsp3) is 0.286. The van der Waals surface area contributed by atoms with Gasteiger partial charge in [-0.3, -0.25) is 14.4 Å². The average Bonchev–Trinajstić information content (AvgIpc) is 2.73. The van der Waals surface area contributed by atoms with Crippen LogP contribution in [0.4, 0.5) is 5.69 Å². The van der Waals surface area contributed by atoms with Crippen molar-refractivity contribution in [2.75, 3.05) is 32.0 Å². The molecule has 0 bridgehead atoms. The van der Waals surface area contributed by atoms with E-state index in [4.69, 9.17) is 0 Å². The van der Waals surface area contributed by atoms with Crippen LogP contribution in [-0.4, -0.2) is 62.2 Å². The van der Waals surface area contributed by atoms with Crippen molar-refractivity contribution < 1.29 is 27.9 Å². The van der Waals surface area contributed by atoms with Crippen molar-refractivity contribution in [3.63, 3.8) is 0 Å². The lowest BCUT2D eigenvalue weighted by Gasteiger charge is -2.17. The van der Waals surface area contributed by atoms with Crippen LogP contribution in [0.5, 0.6) is 5.75 Å². The van der Waals surface area contributed by atoms with Crippen LogP contribution < -0.4 is 16.0 Å². The third kappa shape index (κ3) is 7.36. The number of phenols is 1. The number of anilines is 1. The zero-order valence-corrected chi connectivity index (χ0v) is 18.6. The maximum Gasteiger partial charge on any atom is 0.251 e. The molecule has 172 valence electrons. The van der Waals surface area contributed by atoms with E-state index in [1.54, 1.807) is 12.1 Å². The van der Waals surface area contributed by atoms with Gasteiger partial charge in [0.15, 0.2) is 0 Å². The Morgan fingerprint density at radius 1 is 1.00 bits per heavy atom. The summed E-state index contributed by atoms with van der Waals surface area (Å²) >= 11 is 0. The summed E-state index contributed by atoms with van der Waals surface area (Å²) in [5, 5.41) is 17.2. The number of likely N-dealkylation sites (N-methyl/N-ethyl adjacent to an activating group) is 1. The van der Waals surface area contributed by atoms with E-state index in [0.29, 0.717) is 24.2 Å². The number of hydrogen-bond donors (Lipinski definition) is 4. The molecular weight excluding hydrogens is 436 g/mol. The number of amides is 3. The minimum Gasteiger partial charge on any atom is -0.508 e. The monoisotopic (exact) mass is 462 g/mol. The third-order valence-electron chi connectivity index (χ3n) is 4.32. The van der Waals surface area contributed by atoms with Crippen molar-refractivity contribution in [1.29, 1.82) is 0 Å². The molecule has 0 heterocycles. The van der Waals surface area contributed by atoms with Gasteiger partial charge in [-0.1, -0.05) is 6.07 Å². The van der Waals surface area contributed by atoms with Crippen molar-refractivity contribution >= 4 is 33.4 Å². The van der Waals surface area contributed by atoms with Gasteiger partial charge in [0, 0.05) is 38.3 Å². The standard InChI is InChI=1S/C21H26N4O6S/c1-15(26)24-17-7-9-19(10-8-17)32(30,31)25(2)14-20(28)22-11-4-12-23-21(29)16-5-3-6-18(27)13-16/h3,5-10,13,27H,4,11-12,14H2,1-2H3,(H,22,28)(H,23,29)(H,24,26). The molecule has 0 aromatic heterocycles. The van der Waals surface area contributed by atoms with E-state index in [2.05, 4.69) is 16.0 Å². The van der Waals surface area contributed by atoms with Gasteiger partial charge in [0.2, 0.25) is 21.8 Å². The van der Waals surface area contributed by atoms with Crippen LogP contribution in [0.25, 0.3) is 0 Å². The Kier molecular flexibility index (Phi) is 8.73. The first-order valence-corrected chi connectivity index (χ1v) is 11.2. The normalized spacial score (nSPS) is 11.1. The topological polar surface area (TPSA) is 145 Å². The van der Waals surface area contributed by atoms with E-state index < -0.39 is 15.9 Å². The van der Waals surface area contributed by atoms with Gasteiger partial charge < -0.3 is 21.1 Å². The van der Waals surface area contributed by atoms with Crippen LogP contribution in [0.1, 0.15) is 23.7 Å². The lowest BCUT2D eigenvalue weighted by Crippen LogP contribution is -2.39. The first kappa shape index (κ1) is 24.8. The number of sulfonamides is 1. The molecule has 2 aromatic rings. The summed E-state index contributed by atoms with van der Waals surface area (Å²) in [4.78, 5) is 35.1. The number of hydrogen-bond acceptors (Lipinski definition) is 6. The number of aromatic hydroxyl groups is 1. The summed E-state index contributed by atoms with van der Waals surface area (Å²) < 4.78 is 26.1. The van der Waals surface area contributed by atoms with Crippen LogP contribution in [0, 0.1) is 0 Å². The predicted octanol–water partition coefficient (Wildman–Crippen LogP) is 0.907. The van der Waals surface area contributed by atoms with Gasteiger partial charge in [0.25, 0.3) is 5.91 Å². The predicted molar refractivity (Wildman–Crippen MR) is 119 cm³/mol. The smallest absolute Gasteiger partial charge is 0.251 e. The third-order valence-corrected chi connectivity index (χ3v) is 6.14. The summed E-state index contributed by atoms with van der Waals surface area (Å²) in [5.74, 6) is -1.10. The fourth-order valence-electron chi connectivity index (χ4n) is 2.70.